The Morgan fingerprint density at radius 3 is 2.75 bits per heavy atom. The summed E-state index contributed by atoms with van der Waals surface area (Å²) in [5.74, 6) is 2.26. The zero-order chi connectivity index (χ0) is 11.4. The van der Waals surface area contributed by atoms with Gasteiger partial charge in [0.1, 0.15) is 5.82 Å². The minimum Gasteiger partial charge on any atom is -0.310 e. The van der Waals surface area contributed by atoms with E-state index in [4.69, 9.17) is 0 Å². The van der Waals surface area contributed by atoms with E-state index in [9.17, 15) is 0 Å². The Balaban J connectivity index is 1.93. The van der Waals surface area contributed by atoms with E-state index in [-0.39, 0.29) is 0 Å². The second kappa shape index (κ2) is 5.64. The highest BCUT2D eigenvalue weighted by Gasteiger charge is 2.19. The molecule has 1 N–H and O–H groups in total. The van der Waals surface area contributed by atoms with E-state index in [1.165, 1.54) is 24.2 Å². The number of nitrogens with zero attached hydrogens (tertiary/aromatic N) is 2. The van der Waals surface area contributed by atoms with Crippen LogP contribution in [0.5, 0.6) is 0 Å². The van der Waals surface area contributed by atoms with Gasteiger partial charge in [0.2, 0.25) is 0 Å². The van der Waals surface area contributed by atoms with E-state index in [0.717, 1.165) is 12.4 Å². The molecule has 1 fully saturated rings. The van der Waals surface area contributed by atoms with Crippen molar-refractivity contribution in [3.8, 4) is 0 Å². The standard InChI is InChI=1S/C12H19N3S/c1-9(2)13-6-10-7-14-12(15-8-10)11-4-3-5-16-11/h7-9,11,13H,3-6H2,1-2H3. The molecule has 0 radical (unpaired) electrons. The first-order valence-corrected chi connectivity index (χ1v) is 6.96. The zero-order valence-corrected chi connectivity index (χ0v) is 10.8. The molecular formula is C12H19N3S. The van der Waals surface area contributed by atoms with Gasteiger partial charge in [0.15, 0.2) is 0 Å². The third-order valence-corrected chi connectivity index (χ3v) is 4.03. The summed E-state index contributed by atoms with van der Waals surface area (Å²) < 4.78 is 0. The van der Waals surface area contributed by atoms with Crippen LogP contribution in [0, 0.1) is 0 Å². The van der Waals surface area contributed by atoms with Crippen LogP contribution in [-0.2, 0) is 6.54 Å². The highest BCUT2D eigenvalue weighted by Crippen LogP contribution is 2.37. The fourth-order valence-corrected chi connectivity index (χ4v) is 2.95. The third kappa shape index (κ3) is 3.19. The monoisotopic (exact) mass is 237 g/mol. The van der Waals surface area contributed by atoms with Gasteiger partial charge in [-0.3, -0.25) is 0 Å². The van der Waals surface area contributed by atoms with Crippen LogP contribution < -0.4 is 5.32 Å². The average Bonchev–Trinajstić information content (AvgIpc) is 2.80. The number of hydrogen-bond acceptors (Lipinski definition) is 4. The van der Waals surface area contributed by atoms with Crippen molar-refractivity contribution in [1.29, 1.82) is 0 Å². The van der Waals surface area contributed by atoms with Crippen molar-refractivity contribution >= 4 is 11.8 Å². The van der Waals surface area contributed by atoms with Crippen LogP contribution in [0.2, 0.25) is 0 Å². The van der Waals surface area contributed by atoms with E-state index < -0.39 is 0 Å². The average molecular weight is 237 g/mol. The first-order valence-electron chi connectivity index (χ1n) is 5.91. The van der Waals surface area contributed by atoms with Gasteiger partial charge in [-0.05, 0) is 18.6 Å². The van der Waals surface area contributed by atoms with Gasteiger partial charge in [-0.1, -0.05) is 13.8 Å². The molecule has 0 aromatic carbocycles. The molecule has 2 heterocycles. The lowest BCUT2D eigenvalue weighted by Crippen LogP contribution is -2.22. The summed E-state index contributed by atoms with van der Waals surface area (Å²) in [6.07, 6.45) is 6.44. The van der Waals surface area contributed by atoms with Gasteiger partial charge in [0.05, 0.1) is 5.25 Å². The summed E-state index contributed by atoms with van der Waals surface area (Å²) in [6.45, 7) is 5.14. The lowest BCUT2D eigenvalue weighted by atomic mass is 10.2. The summed E-state index contributed by atoms with van der Waals surface area (Å²) in [5, 5.41) is 3.90. The number of rotatable bonds is 4. The van der Waals surface area contributed by atoms with Crippen molar-refractivity contribution < 1.29 is 0 Å². The van der Waals surface area contributed by atoms with Gasteiger partial charge in [-0.25, -0.2) is 9.97 Å². The van der Waals surface area contributed by atoms with Gasteiger partial charge >= 0.3 is 0 Å². The molecule has 0 saturated carbocycles. The molecule has 0 aliphatic carbocycles. The summed E-state index contributed by atoms with van der Waals surface area (Å²) in [4.78, 5) is 8.93. The highest BCUT2D eigenvalue weighted by molar-refractivity contribution is 7.99. The second-order valence-electron chi connectivity index (χ2n) is 4.49. The topological polar surface area (TPSA) is 37.8 Å². The molecule has 88 valence electrons. The third-order valence-electron chi connectivity index (χ3n) is 2.66. The summed E-state index contributed by atoms with van der Waals surface area (Å²) in [5.41, 5.74) is 1.17. The predicted molar refractivity (Wildman–Crippen MR) is 68.4 cm³/mol. The minimum absolute atomic E-state index is 0.505. The van der Waals surface area contributed by atoms with Crippen LogP contribution in [0.15, 0.2) is 12.4 Å². The SMILES string of the molecule is CC(C)NCc1cnc(C2CCCS2)nc1. The first kappa shape index (κ1) is 11.9. The molecule has 4 heteroatoms. The molecule has 1 aromatic heterocycles. The van der Waals surface area contributed by atoms with E-state index in [2.05, 4.69) is 29.1 Å². The maximum atomic E-state index is 4.47. The Labute approximate surface area is 101 Å². The van der Waals surface area contributed by atoms with Gasteiger partial charge < -0.3 is 5.32 Å². The van der Waals surface area contributed by atoms with Crippen molar-refractivity contribution in [2.75, 3.05) is 5.75 Å². The molecular weight excluding hydrogens is 218 g/mol. The zero-order valence-electron chi connectivity index (χ0n) is 9.94. The molecule has 1 atom stereocenters. The fourth-order valence-electron chi connectivity index (χ4n) is 1.73. The van der Waals surface area contributed by atoms with E-state index in [1.807, 2.05) is 24.2 Å². The van der Waals surface area contributed by atoms with Crippen molar-refractivity contribution in [3.63, 3.8) is 0 Å². The van der Waals surface area contributed by atoms with Crippen LogP contribution in [0.25, 0.3) is 0 Å². The highest BCUT2D eigenvalue weighted by atomic mass is 32.2. The van der Waals surface area contributed by atoms with Crippen LogP contribution >= 0.6 is 11.8 Å². The van der Waals surface area contributed by atoms with E-state index >= 15 is 0 Å². The van der Waals surface area contributed by atoms with E-state index in [0.29, 0.717) is 11.3 Å². The molecule has 1 aliphatic heterocycles. The van der Waals surface area contributed by atoms with Gasteiger partial charge in [-0.15, -0.1) is 0 Å². The van der Waals surface area contributed by atoms with E-state index in [1.54, 1.807) is 0 Å². The molecule has 1 aliphatic rings. The maximum absolute atomic E-state index is 4.47. The lowest BCUT2D eigenvalue weighted by molar-refractivity contribution is 0.586. The number of aromatic nitrogens is 2. The normalized spacial score (nSPS) is 20.6. The maximum Gasteiger partial charge on any atom is 0.141 e. The molecule has 1 aromatic rings. The molecule has 16 heavy (non-hydrogen) atoms. The second-order valence-corrected chi connectivity index (χ2v) is 5.80. The number of hydrogen-bond donors (Lipinski definition) is 1. The molecule has 0 amide bonds. The van der Waals surface area contributed by atoms with Crippen molar-refractivity contribution in [2.24, 2.45) is 0 Å². The Morgan fingerprint density at radius 2 is 2.19 bits per heavy atom. The van der Waals surface area contributed by atoms with Crippen molar-refractivity contribution in [2.45, 2.75) is 44.5 Å². The van der Waals surface area contributed by atoms with Gasteiger partial charge in [0, 0.05) is 30.5 Å². The largest absolute Gasteiger partial charge is 0.310 e. The Kier molecular flexibility index (Phi) is 4.18. The molecule has 0 spiro atoms. The minimum atomic E-state index is 0.505. The van der Waals surface area contributed by atoms with Crippen LogP contribution in [0.1, 0.15) is 43.3 Å². The molecule has 1 saturated heterocycles. The molecule has 1 unspecified atom stereocenters. The van der Waals surface area contributed by atoms with Gasteiger partial charge in [0.25, 0.3) is 0 Å². The van der Waals surface area contributed by atoms with Crippen LogP contribution in [-0.4, -0.2) is 21.8 Å². The van der Waals surface area contributed by atoms with Gasteiger partial charge in [-0.2, -0.15) is 11.8 Å². The first-order chi connectivity index (χ1) is 7.75. The Hall–Kier alpha value is -0.610. The molecule has 3 nitrogen and oxygen atoms in total. The summed E-state index contributed by atoms with van der Waals surface area (Å²) in [6, 6.07) is 0.505. The van der Waals surface area contributed by atoms with Crippen molar-refractivity contribution in [3.05, 3.63) is 23.8 Å². The fraction of sp³-hybridized carbons (Fsp3) is 0.667. The van der Waals surface area contributed by atoms with Crippen LogP contribution in [0.3, 0.4) is 0 Å². The molecule has 2 rings (SSSR count). The number of thioether (sulfide) groups is 1. The Morgan fingerprint density at radius 1 is 1.44 bits per heavy atom. The lowest BCUT2D eigenvalue weighted by Gasteiger charge is -2.09. The van der Waals surface area contributed by atoms with Crippen LogP contribution in [0.4, 0.5) is 0 Å². The Bertz CT molecular complexity index is 318. The molecule has 0 bridgehead atoms. The summed E-state index contributed by atoms with van der Waals surface area (Å²) in [7, 11) is 0. The smallest absolute Gasteiger partial charge is 0.141 e. The predicted octanol–water partition coefficient (Wildman–Crippen LogP) is 2.54. The summed E-state index contributed by atoms with van der Waals surface area (Å²) >= 11 is 1.98. The quantitative estimate of drug-likeness (QED) is 0.873. The van der Waals surface area contributed by atoms with Crippen molar-refractivity contribution in [1.82, 2.24) is 15.3 Å². The number of nitrogens with one attached hydrogen (secondary N) is 1.